The van der Waals surface area contributed by atoms with Gasteiger partial charge in [-0.25, -0.2) is 9.79 Å². The molecule has 1 aliphatic heterocycles. The summed E-state index contributed by atoms with van der Waals surface area (Å²) in [4.78, 5) is 31.4. The van der Waals surface area contributed by atoms with E-state index in [0.29, 0.717) is 56.7 Å². The Bertz CT molecular complexity index is 1630. The molecule has 39 heavy (non-hydrogen) atoms. The third-order valence-corrected chi connectivity index (χ3v) is 6.80. The predicted molar refractivity (Wildman–Crippen MR) is 144 cm³/mol. The van der Waals surface area contributed by atoms with E-state index in [1.54, 1.807) is 42.5 Å². The minimum Gasteiger partial charge on any atom is -0.493 e. The van der Waals surface area contributed by atoms with Gasteiger partial charge < -0.3 is 23.7 Å². The number of ether oxygens (including phenoxy) is 5. The van der Waals surface area contributed by atoms with Crippen molar-refractivity contribution in [3.8, 4) is 29.1 Å². The summed E-state index contributed by atoms with van der Waals surface area (Å²) in [5, 5.41) is 9.00. The third kappa shape index (κ3) is 5.51. The number of hydrogen-bond donors (Lipinski definition) is 0. The zero-order valence-corrected chi connectivity index (χ0v) is 22.7. The van der Waals surface area contributed by atoms with E-state index < -0.39 is 12.0 Å². The smallest absolute Gasteiger partial charge is 0.337 e. The van der Waals surface area contributed by atoms with Crippen molar-refractivity contribution >= 4 is 23.4 Å². The van der Waals surface area contributed by atoms with Crippen molar-refractivity contribution in [1.82, 2.24) is 4.57 Å². The number of aromatic nitrogens is 1. The predicted octanol–water partition coefficient (Wildman–Crippen LogP) is 2.73. The van der Waals surface area contributed by atoms with Crippen LogP contribution in [0.1, 0.15) is 31.0 Å². The van der Waals surface area contributed by atoms with Crippen LogP contribution in [0.4, 0.5) is 0 Å². The Balaban J connectivity index is 1.91. The summed E-state index contributed by atoms with van der Waals surface area (Å²) in [6.45, 7) is 4.40. The number of benzene rings is 2. The first-order valence-electron chi connectivity index (χ1n) is 12.1. The van der Waals surface area contributed by atoms with Crippen molar-refractivity contribution in [3.63, 3.8) is 0 Å². The molecule has 3 aromatic rings. The maximum atomic E-state index is 13.8. The summed E-state index contributed by atoms with van der Waals surface area (Å²) in [5.74, 6) is 1.21. The molecular weight excluding hydrogens is 522 g/mol. The number of hydrogen-bond acceptors (Lipinski definition) is 10. The maximum Gasteiger partial charge on any atom is 0.337 e. The zero-order chi connectivity index (χ0) is 27.9. The number of carbonyl (C=O) groups is 1. The highest BCUT2D eigenvalue weighted by molar-refractivity contribution is 7.07. The molecule has 0 amide bonds. The molecule has 0 radical (unpaired) electrons. The minimum atomic E-state index is -0.814. The molecule has 1 atom stereocenters. The van der Waals surface area contributed by atoms with Crippen LogP contribution in [0.15, 0.2) is 58.0 Å². The molecule has 1 aliphatic rings. The van der Waals surface area contributed by atoms with Gasteiger partial charge in [0.1, 0.15) is 6.07 Å². The molecule has 0 spiro atoms. The molecule has 0 saturated carbocycles. The summed E-state index contributed by atoms with van der Waals surface area (Å²) in [6.07, 6.45) is 3.08. The quantitative estimate of drug-likeness (QED) is 0.354. The molecule has 1 aromatic heterocycles. The fourth-order valence-electron chi connectivity index (χ4n) is 4.19. The highest BCUT2D eigenvalue weighted by Crippen LogP contribution is 2.35. The third-order valence-electron chi connectivity index (χ3n) is 5.80. The van der Waals surface area contributed by atoms with Crippen LogP contribution in [-0.2, 0) is 9.53 Å². The van der Waals surface area contributed by atoms with Gasteiger partial charge in [-0.05, 0) is 43.7 Å². The Morgan fingerprint density at radius 2 is 1.87 bits per heavy atom. The topological polar surface area (TPSA) is 121 Å². The van der Waals surface area contributed by atoms with Gasteiger partial charge >= 0.3 is 5.97 Å². The molecule has 10 nitrogen and oxygen atoms in total. The molecule has 0 unspecified atom stereocenters. The molecule has 0 N–H and O–H groups in total. The number of esters is 1. The zero-order valence-electron chi connectivity index (χ0n) is 21.9. The van der Waals surface area contributed by atoms with E-state index >= 15 is 0 Å². The largest absolute Gasteiger partial charge is 0.493 e. The van der Waals surface area contributed by atoms with E-state index in [9.17, 15) is 9.59 Å². The lowest BCUT2D eigenvalue weighted by Gasteiger charge is -2.23. The molecule has 202 valence electrons. The second kappa shape index (κ2) is 12.3. The van der Waals surface area contributed by atoms with E-state index in [-0.39, 0.29) is 17.7 Å². The van der Waals surface area contributed by atoms with E-state index in [2.05, 4.69) is 4.99 Å². The summed E-state index contributed by atoms with van der Waals surface area (Å²) >= 11 is 1.16. The molecule has 11 heteroatoms. The first-order valence-corrected chi connectivity index (χ1v) is 12.9. The minimum absolute atomic E-state index is 0.190. The van der Waals surface area contributed by atoms with Gasteiger partial charge in [0.15, 0.2) is 34.4 Å². The number of para-hydroxylation sites is 1. The first kappa shape index (κ1) is 27.5. The standard InChI is InChI=1S/C28H27N3O7S/c1-5-36-20-11-10-17(14-22(20)37-6-2)24-19(27(33)35-4)16-30-28-31(24)26(32)23(39-28)15-18-8-7-9-21(34-3)25(18)38-13-12-29/h7-11,14-16,24H,5-6,13H2,1-4H3/b23-15+/t24-/m1/s1. The van der Waals surface area contributed by atoms with Crippen molar-refractivity contribution < 1.29 is 28.5 Å². The van der Waals surface area contributed by atoms with E-state index in [0.717, 1.165) is 11.3 Å². The number of methoxy groups -OCH3 is 2. The Morgan fingerprint density at radius 3 is 2.56 bits per heavy atom. The van der Waals surface area contributed by atoms with Gasteiger partial charge in [0.05, 0.1) is 43.6 Å². The highest BCUT2D eigenvalue weighted by Gasteiger charge is 2.31. The van der Waals surface area contributed by atoms with Gasteiger partial charge in [-0.2, -0.15) is 5.26 Å². The van der Waals surface area contributed by atoms with Gasteiger partial charge in [-0.15, -0.1) is 0 Å². The Labute approximate surface area is 228 Å². The van der Waals surface area contributed by atoms with Crippen molar-refractivity contribution in [2.75, 3.05) is 34.0 Å². The highest BCUT2D eigenvalue weighted by atomic mass is 32.1. The summed E-state index contributed by atoms with van der Waals surface area (Å²) in [5.41, 5.74) is 1.01. The maximum absolute atomic E-state index is 13.8. The average molecular weight is 550 g/mol. The van der Waals surface area contributed by atoms with Gasteiger partial charge in [-0.3, -0.25) is 9.36 Å². The van der Waals surface area contributed by atoms with Gasteiger partial charge in [-0.1, -0.05) is 29.5 Å². The van der Waals surface area contributed by atoms with Crippen LogP contribution in [0.2, 0.25) is 0 Å². The molecule has 2 aromatic carbocycles. The Morgan fingerprint density at radius 1 is 1.10 bits per heavy atom. The van der Waals surface area contributed by atoms with Crippen molar-refractivity contribution in [2.24, 2.45) is 4.99 Å². The number of fused-ring (bicyclic) bond motifs is 1. The number of nitriles is 1. The van der Waals surface area contributed by atoms with Crippen molar-refractivity contribution in [3.05, 3.63) is 79.0 Å². The lowest BCUT2D eigenvalue weighted by atomic mass is 9.97. The molecule has 0 fully saturated rings. The van der Waals surface area contributed by atoms with Gasteiger partial charge in [0.2, 0.25) is 0 Å². The second-order valence-electron chi connectivity index (χ2n) is 8.07. The lowest BCUT2D eigenvalue weighted by molar-refractivity contribution is -0.136. The van der Waals surface area contributed by atoms with Crippen molar-refractivity contribution in [1.29, 1.82) is 5.26 Å². The summed E-state index contributed by atoms with van der Waals surface area (Å²) in [7, 11) is 2.77. The SMILES string of the molecule is CCOc1ccc([C@@H]2C(C(=O)OC)=CN=c3s/c(=C/c4cccc(OC)c4OCC#N)c(=O)n32)cc1OCC. The fourth-order valence-corrected chi connectivity index (χ4v) is 5.15. The average Bonchev–Trinajstić information content (AvgIpc) is 3.27. The molecule has 0 bridgehead atoms. The number of nitrogens with zero attached hydrogens (tertiary/aromatic N) is 3. The number of thiazole rings is 1. The van der Waals surface area contributed by atoms with Crippen LogP contribution in [-0.4, -0.2) is 44.6 Å². The van der Waals surface area contributed by atoms with Gasteiger partial charge in [0, 0.05) is 11.8 Å². The van der Waals surface area contributed by atoms with Crippen LogP contribution in [0.5, 0.6) is 23.0 Å². The van der Waals surface area contributed by atoms with Crippen LogP contribution in [0, 0.1) is 11.3 Å². The fraction of sp³-hybridized carbons (Fsp3) is 0.286. The van der Waals surface area contributed by atoms with E-state index in [4.69, 9.17) is 28.9 Å². The Kier molecular flexibility index (Phi) is 8.68. The van der Waals surface area contributed by atoms with Crippen LogP contribution >= 0.6 is 11.3 Å². The molecule has 0 aliphatic carbocycles. The van der Waals surface area contributed by atoms with Crippen LogP contribution in [0.3, 0.4) is 0 Å². The van der Waals surface area contributed by atoms with Crippen molar-refractivity contribution in [2.45, 2.75) is 19.9 Å². The lowest BCUT2D eigenvalue weighted by Crippen LogP contribution is -2.39. The monoisotopic (exact) mass is 549 g/mol. The van der Waals surface area contributed by atoms with Crippen LogP contribution in [0.25, 0.3) is 6.08 Å². The second-order valence-corrected chi connectivity index (χ2v) is 9.08. The number of carbonyl (C=O) groups excluding carboxylic acids is 1. The number of rotatable bonds is 10. The molecule has 0 saturated heterocycles. The van der Waals surface area contributed by atoms with E-state index in [1.165, 1.54) is 25.0 Å². The summed E-state index contributed by atoms with van der Waals surface area (Å²) in [6, 6.07) is 11.6. The van der Waals surface area contributed by atoms with Gasteiger partial charge in [0.25, 0.3) is 5.56 Å². The Hall–Kier alpha value is -4.56. The molecule has 4 rings (SSSR count). The normalized spacial score (nSPS) is 14.4. The van der Waals surface area contributed by atoms with E-state index in [1.807, 2.05) is 19.9 Å². The molecule has 2 heterocycles. The van der Waals surface area contributed by atoms with Crippen LogP contribution < -0.4 is 33.8 Å². The summed E-state index contributed by atoms with van der Waals surface area (Å²) < 4.78 is 29.3. The first-order chi connectivity index (χ1) is 19.0. The molecular formula is C28H27N3O7S.